The number of hydrogen-bond acceptors (Lipinski definition) is 13. The molecule has 0 saturated carbocycles. The minimum Gasteiger partial charge on any atom is -0.458 e. The Balaban J connectivity index is 1.50. The molecule has 3 aliphatic rings. The van der Waals surface area contributed by atoms with Gasteiger partial charge in [-0.1, -0.05) is 48.4 Å². The lowest BCUT2D eigenvalue weighted by molar-refractivity contribution is -0.387. The van der Waals surface area contributed by atoms with Gasteiger partial charge in [0.2, 0.25) is 5.91 Å². The van der Waals surface area contributed by atoms with Crippen molar-refractivity contribution in [3.05, 3.63) is 86.0 Å². The number of benzene rings is 2. The van der Waals surface area contributed by atoms with E-state index in [1.807, 2.05) is 6.92 Å². The smallest absolute Gasteiger partial charge is 0.409 e. The number of Topliss-reactive ketones (excluding diaryl/α,β-unsaturated/α-hetero) is 1. The fourth-order valence-electron chi connectivity index (χ4n) is 7.02. The van der Waals surface area contributed by atoms with Gasteiger partial charge in [-0.15, -0.1) is 11.8 Å². The van der Waals surface area contributed by atoms with Crippen molar-refractivity contribution >= 4 is 58.5 Å². The van der Waals surface area contributed by atoms with Crippen molar-refractivity contribution in [1.82, 2.24) is 5.32 Å². The van der Waals surface area contributed by atoms with E-state index in [2.05, 4.69) is 5.32 Å². The Morgan fingerprint density at radius 1 is 1.22 bits per heavy atom. The van der Waals surface area contributed by atoms with Crippen LogP contribution in [-0.4, -0.2) is 93.0 Å². The van der Waals surface area contributed by atoms with Gasteiger partial charge in [0, 0.05) is 36.9 Å². The van der Waals surface area contributed by atoms with Crippen LogP contribution in [0.25, 0.3) is 0 Å². The second kappa shape index (κ2) is 16.8. The first kappa shape index (κ1) is 41.8. The Hall–Kier alpha value is -4.32. The molecule has 4 bridgehead atoms. The van der Waals surface area contributed by atoms with Crippen molar-refractivity contribution in [3.63, 3.8) is 0 Å². The maximum Gasteiger partial charge on any atom is 0.409 e. The second-order valence-electron chi connectivity index (χ2n) is 14.3. The average molecular weight is 802 g/mol. The van der Waals surface area contributed by atoms with E-state index in [-0.39, 0.29) is 33.4 Å². The van der Waals surface area contributed by atoms with Gasteiger partial charge in [0.25, 0.3) is 5.69 Å². The lowest BCUT2D eigenvalue weighted by Crippen LogP contribution is -2.62. The van der Waals surface area contributed by atoms with Crippen molar-refractivity contribution in [3.8, 4) is 0 Å². The molecule has 2 aromatic rings. The van der Waals surface area contributed by atoms with Crippen molar-refractivity contribution in [2.24, 2.45) is 11.8 Å². The minimum absolute atomic E-state index is 0.124. The summed E-state index contributed by atoms with van der Waals surface area (Å²) < 4.78 is 17.7. The molecule has 3 heterocycles. The molecule has 7 atom stereocenters. The van der Waals surface area contributed by atoms with E-state index in [1.165, 1.54) is 31.0 Å². The number of alkyl carbamates (subject to hydrolysis) is 1. The van der Waals surface area contributed by atoms with Gasteiger partial charge in [0.1, 0.15) is 17.8 Å². The highest BCUT2D eigenvalue weighted by Gasteiger charge is 2.64. The van der Waals surface area contributed by atoms with E-state index >= 15 is 0 Å². The molecule has 0 unspecified atom stereocenters. The molecule has 15 nitrogen and oxygen atoms in total. The molecular formula is C38H44ClN3O12S. The quantitative estimate of drug-likeness (QED) is 0.0715. The van der Waals surface area contributed by atoms with Gasteiger partial charge in [-0.05, 0) is 56.5 Å². The van der Waals surface area contributed by atoms with Gasteiger partial charge >= 0.3 is 12.1 Å². The summed E-state index contributed by atoms with van der Waals surface area (Å²) >= 11 is 7.51. The number of thioether (sulfide) groups is 1. The highest BCUT2D eigenvalue weighted by molar-refractivity contribution is 8.00. The first-order valence-electron chi connectivity index (χ1n) is 17.5. The molecular weight excluding hydrogens is 758 g/mol. The van der Waals surface area contributed by atoms with Crippen molar-refractivity contribution < 1.29 is 53.6 Å². The van der Waals surface area contributed by atoms with Gasteiger partial charge in [0.05, 0.1) is 52.0 Å². The summed E-state index contributed by atoms with van der Waals surface area (Å²) in [7, 11) is 1.50. The van der Waals surface area contributed by atoms with Crippen LogP contribution in [0.3, 0.4) is 0 Å². The number of anilines is 1. The fraction of sp³-hybridized carbons (Fsp3) is 0.474. The zero-order valence-electron chi connectivity index (χ0n) is 30.9. The highest BCUT2D eigenvalue weighted by Crippen LogP contribution is 2.49. The number of esters is 1. The monoisotopic (exact) mass is 801 g/mol. The Kier molecular flexibility index (Phi) is 12.8. The maximum atomic E-state index is 14.1. The van der Waals surface area contributed by atoms with Gasteiger partial charge in [0.15, 0.2) is 11.5 Å². The van der Waals surface area contributed by atoms with E-state index in [0.717, 1.165) is 29.0 Å². The number of fused-ring (bicyclic) bond motifs is 5. The van der Waals surface area contributed by atoms with Crippen molar-refractivity contribution in [1.29, 1.82) is 0 Å². The summed E-state index contributed by atoms with van der Waals surface area (Å²) in [5, 5.41) is 46.5. The van der Waals surface area contributed by atoms with Crippen LogP contribution >= 0.6 is 23.4 Å². The number of carbonyl (C=O) groups excluding carboxylic acids is 4. The van der Waals surface area contributed by atoms with Crippen LogP contribution < -0.4 is 10.2 Å². The van der Waals surface area contributed by atoms with Crippen molar-refractivity contribution in [2.75, 3.05) is 24.3 Å². The average Bonchev–Trinajstić information content (AvgIpc) is 3.83. The summed E-state index contributed by atoms with van der Waals surface area (Å²) in [6.45, 7) is 5.59. The first-order valence-corrected chi connectivity index (χ1v) is 18.9. The topological polar surface area (TPSA) is 218 Å². The van der Waals surface area contributed by atoms with Crippen LogP contribution in [0.2, 0.25) is 5.02 Å². The van der Waals surface area contributed by atoms with Crippen LogP contribution in [0.1, 0.15) is 62.0 Å². The molecule has 3 aliphatic heterocycles. The molecule has 0 spiro atoms. The lowest BCUT2D eigenvalue weighted by Gasteiger charge is -2.42. The minimum atomic E-state index is -1.90. The Labute approximate surface area is 326 Å². The fourth-order valence-corrected chi connectivity index (χ4v) is 8.11. The molecule has 4 N–H and O–H groups in total. The third kappa shape index (κ3) is 9.22. The normalized spacial score (nSPS) is 29.9. The third-order valence-corrected chi connectivity index (χ3v) is 11.8. The van der Waals surface area contributed by atoms with Crippen LogP contribution in [0.15, 0.2) is 59.0 Å². The van der Waals surface area contributed by atoms with E-state index in [4.69, 9.17) is 25.8 Å². The van der Waals surface area contributed by atoms with Crippen LogP contribution in [0.4, 0.5) is 16.2 Å². The molecule has 5 rings (SSSR count). The molecule has 296 valence electrons. The van der Waals surface area contributed by atoms with E-state index in [1.54, 1.807) is 44.2 Å². The molecule has 55 heavy (non-hydrogen) atoms. The predicted molar refractivity (Wildman–Crippen MR) is 202 cm³/mol. The summed E-state index contributed by atoms with van der Waals surface area (Å²) in [5.74, 6) is -3.64. The molecule has 0 aliphatic carbocycles. The largest absolute Gasteiger partial charge is 0.458 e. The summed E-state index contributed by atoms with van der Waals surface area (Å²) in [4.78, 5) is 64.7. The molecule has 17 heteroatoms. The Morgan fingerprint density at radius 3 is 2.60 bits per heavy atom. The number of ether oxygens (including phenoxy) is 3. The Bertz CT molecular complexity index is 1940. The molecule has 2 fully saturated rings. The number of nitro groups is 1. The SMILES string of the molecule is CC(=O)c1ccc(SCC(=O)O[C@H]2CC(=O)N(C)c3cc(cc(CO)c3Cl)C/C(C)=C/C=C/[C@@H](CO)[C@@]3(O)C[C@H](OC(=O)N3)[C@@H](C)[C@@H]3O[C@@]23C)c([N+](=O)[O-])c1. The second-order valence-corrected chi connectivity index (χ2v) is 15.7. The van der Waals surface area contributed by atoms with Gasteiger partial charge in [-0.3, -0.25) is 29.8 Å². The van der Waals surface area contributed by atoms with Gasteiger partial charge in [-0.25, -0.2) is 4.79 Å². The molecule has 0 radical (unpaired) electrons. The number of carbonyl (C=O) groups is 4. The number of allylic oxidation sites excluding steroid dienone is 3. The zero-order valence-corrected chi connectivity index (χ0v) is 32.5. The number of hydrogen-bond donors (Lipinski definition) is 4. The lowest BCUT2D eigenvalue weighted by atomic mass is 9.81. The van der Waals surface area contributed by atoms with E-state index < -0.39 is 89.8 Å². The summed E-state index contributed by atoms with van der Waals surface area (Å²) in [5.41, 5.74) is -1.17. The number of rotatable bonds is 8. The van der Waals surface area contributed by atoms with Crippen LogP contribution in [0.5, 0.6) is 0 Å². The van der Waals surface area contributed by atoms with Crippen LogP contribution in [-0.2, 0) is 36.8 Å². The van der Waals surface area contributed by atoms with E-state index in [0.29, 0.717) is 17.7 Å². The molecule has 2 aromatic carbocycles. The molecule has 2 saturated heterocycles. The van der Waals surface area contributed by atoms with Gasteiger partial charge in [-0.2, -0.15) is 0 Å². The number of aliphatic hydroxyl groups excluding tert-OH is 2. The standard InChI is InChI=1S/C38H44ClN3O12S/c1-20-7-6-8-26(18-44)38(49)16-29(52-36(48)40-38)21(2)35-37(4,54-35)31(15-32(46)41(5)28-13-23(11-20)12-25(17-43)34(28)39)53-33(47)19-55-30-10-9-24(22(3)45)14-27(30)42(50)51/h6-10,12-14,21,26,29,31,35,43-44,49H,11,15-19H2,1-5H3,(H,40,48)/b8-6+,20-7+/t21-,26+,29+,31+,35+,37+,38+/m1/s1. The third-order valence-electron chi connectivity index (χ3n) is 10.3. The summed E-state index contributed by atoms with van der Waals surface area (Å²) in [6, 6.07) is 7.36. The number of nitrogens with one attached hydrogen (secondary N) is 1. The Morgan fingerprint density at radius 2 is 1.95 bits per heavy atom. The van der Waals surface area contributed by atoms with E-state index in [9.17, 15) is 44.6 Å². The zero-order chi connectivity index (χ0) is 40.4. The molecule has 2 amide bonds. The number of ketones is 1. The highest BCUT2D eigenvalue weighted by atomic mass is 35.5. The summed E-state index contributed by atoms with van der Waals surface area (Å²) in [6.07, 6.45) is 1.07. The van der Waals surface area contributed by atoms with Gasteiger partial charge < -0.3 is 34.4 Å². The number of aliphatic hydroxyl groups is 3. The number of amides is 2. The first-order chi connectivity index (χ1) is 25.9. The number of nitrogens with zero attached hydrogens (tertiary/aromatic N) is 2. The van der Waals surface area contributed by atoms with Crippen LogP contribution in [0, 0.1) is 22.0 Å². The number of nitro benzene ring substituents is 1. The number of halogens is 1. The maximum absolute atomic E-state index is 14.1. The molecule has 0 aromatic heterocycles. The van der Waals surface area contributed by atoms with Crippen molar-refractivity contribution in [2.45, 2.75) is 88.1 Å². The number of epoxide rings is 1. The predicted octanol–water partition coefficient (Wildman–Crippen LogP) is 4.65.